The monoisotopic (exact) mass is 214 g/mol. The van der Waals surface area contributed by atoms with Gasteiger partial charge < -0.3 is 14.2 Å². The highest BCUT2D eigenvalue weighted by atomic mass is 16.7. The van der Waals surface area contributed by atoms with Gasteiger partial charge in [-0.2, -0.15) is 0 Å². The summed E-state index contributed by atoms with van der Waals surface area (Å²) in [4.78, 5) is 11.0. The van der Waals surface area contributed by atoms with E-state index in [9.17, 15) is 4.79 Å². The lowest BCUT2D eigenvalue weighted by atomic mass is 10.2. The SMILES string of the molecule is CC=CC(=O)OCC1COC(C)(CC)O1. The summed E-state index contributed by atoms with van der Waals surface area (Å²) in [5.41, 5.74) is 0. The number of carbonyl (C=O) groups excluding carboxylic acids is 1. The van der Waals surface area contributed by atoms with Crippen LogP contribution >= 0.6 is 0 Å². The molecule has 0 aromatic carbocycles. The van der Waals surface area contributed by atoms with E-state index >= 15 is 0 Å². The summed E-state index contributed by atoms with van der Waals surface area (Å²) < 4.78 is 16.0. The molecule has 0 spiro atoms. The predicted octanol–water partition coefficient (Wildman–Crippen LogP) is 1.65. The van der Waals surface area contributed by atoms with E-state index in [1.807, 2.05) is 13.8 Å². The van der Waals surface area contributed by atoms with Gasteiger partial charge in [0.05, 0.1) is 6.61 Å². The lowest BCUT2D eigenvalue weighted by Crippen LogP contribution is -2.27. The fourth-order valence-corrected chi connectivity index (χ4v) is 1.32. The molecular weight excluding hydrogens is 196 g/mol. The minimum Gasteiger partial charge on any atom is -0.460 e. The summed E-state index contributed by atoms with van der Waals surface area (Å²) in [5, 5.41) is 0. The molecule has 1 fully saturated rings. The normalized spacial score (nSPS) is 31.0. The van der Waals surface area contributed by atoms with Gasteiger partial charge in [-0.3, -0.25) is 0 Å². The van der Waals surface area contributed by atoms with Gasteiger partial charge in [-0.15, -0.1) is 0 Å². The van der Waals surface area contributed by atoms with Gasteiger partial charge in [-0.1, -0.05) is 13.0 Å². The molecule has 4 nitrogen and oxygen atoms in total. The number of hydrogen-bond acceptors (Lipinski definition) is 4. The first kappa shape index (κ1) is 12.2. The van der Waals surface area contributed by atoms with Gasteiger partial charge in [0.2, 0.25) is 0 Å². The molecule has 1 heterocycles. The van der Waals surface area contributed by atoms with Gasteiger partial charge in [0.1, 0.15) is 12.7 Å². The second-order valence-electron chi connectivity index (χ2n) is 3.67. The van der Waals surface area contributed by atoms with Crippen molar-refractivity contribution >= 4 is 5.97 Å². The fourth-order valence-electron chi connectivity index (χ4n) is 1.32. The van der Waals surface area contributed by atoms with Crippen molar-refractivity contribution in [3.8, 4) is 0 Å². The number of hydrogen-bond donors (Lipinski definition) is 0. The Morgan fingerprint density at radius 3 is 2.93 bits per heavy atom. The molecular formula is C11H18O4. The minimum absolute atomic E-state index is 0.149. The molecule has 2 unspecified atom stereocenters. The summed E-state index contributed by atoms with van der Waals surface area (Å²) in [6, 6.07) is 0. The highest BCUT2D eigenvalue weighted by Crippen LogP contribution is 2.26. The van der Waals surface area contributed by atoms with Crippen molar-refractivity contribution in [1.82, 2.24) is 0 Å². The zero-order chi connectivity index (χ0) is 11.3. The topological polar surface area (TPSA) is 44.8 Å². The van der Waals surface area contributed by atoms with Crippen molar-refractivity contribution in [2.75, 3.05) is 13.2 Å². The Morgan fingerprint density at radius 1 is 1.67 bits per heavy atom. The lowest BCUT2D eigenvalue weighted by Gasteiger charge is -2.20. The van der Waals surface area contributed by atoms with Crippen LogP contribution in [0, 0.1) is 0 Å². The Balaban J connectivity index is 2.28. The van der Waals surface area contributed by atoms with Gasteiger partial charge in [-0.05, 0) is 20.3 Å². The van der Waals surface area contributed by atoms with Gasteiger partial charge in [-0.25, -0.2) is 4.79 Å². The lowest BCUT2D eigenvalue weighted by molar-refractivity contribution is -0.165. The maximum Gasteiger partial charge on any atom is 0.330 e. The van der Waals surface area contributed by atoms with E-state index in [0.717, 1.165) is 6.42 Å². The molecule has 0 N–H and O–H groups in total. The van der Waals surface area contributed by atoms with Crippen LogP contribution in [0.5, 0.6) is 0 Å². The molecule has 0 saturated carbocycles. The first-order valence-electron chi connectivity index (χ1n) is 5.21. The third-order valence-electron chi connectivity index (χ3n) is 2.35. The smallest absolute Gasteiger partial charge is 0.330 e. The van der Waals surface area contributed by atoms with Crippen molar-refractivity contribution in [2.24, 2.45) is 0 Å². The van der Waals surface area contributed by atoms with Crippen LogP contribution in [0.15, 0.2) is 12.2 Å². The van der Waals surface area contributed by atoms with Crippen LogP contribution in [0.4, 0.5) is 0 Å². The van der Waals surface area contributed by atoms with Gasteiger partial charge in [0.25, 0.3) is 0 Å². The Bertz CT molecular complexity index is 249. The average molecular weight is 214 g/mol. The van der Waals surface area contributed by atoms with E-state index in [-0.39, 0.29) is 18.7 Å². The molecule has 0 aliphatic carbocycles. The van der Waals surface area contributed by atoms with Crippen molar-refractivity contribution in [3.63, 3.8) is 0 Å². The standard InChI is InChI=1S/C11H18O4/c1-4-6-10(12)13-7-9-8-14-11(3,5-2)15-9/h4,6,9H,5,7-8H2,1-3H3. The van der Waals surface area contributed by atoms with Crippen LogP contribution in [-0.2, 0) is 19.0 Å². The molecule has 0 bridgehead atoms. The Hall–Kier alpha value is -0.870. The number of carbonyl (C=O) groups is 1. The maximum atomic E-state index is 11.0. The van der Waals surface area contributed by atoms with E-state index in [0.29, 0.717) is 6.61 Å². The van der Waals surface area contributed by atoms with Crippen LogP contribution in [0.1, 0.15) is 27.2 Å². The highest BCUT2D eigenvalue weighted by Gasteiger charge is 2.35. The second-order valence-corrected chi connectivity index (χ2v) is 3.67. The second kappa shape index (κ2) is 5.28. The molecule has 1 aliphatic rings. The summed E-state index contributed by atoms with van der Waals surface area (Å²) >= 11 is 0. The quantitative estimate of drug-likeness (QED) is 0.527. The first-order chi connectivity index (χ1) is 7.09. The van der Waals surface area contributed by atoms with Crippen LogP contribution in [0.3, 0.4) is 0 Å². The average Bonchev–Trinajstić information content (AvgIpc) is 2.59. The zero-order valence-corrected chi connectivity index (χ0v) is 9.49. The van der Waals surface area contributed by atoms with Crippen LogP contribution < -0.4 is 0 Å². The molecule has 0 amide bonds. The molecule has 1 rings (SSSR count). The molecule has 0 radical (unpaired) electrons. The van der Waals surface area contributed by atoms with Gasteiger partial charge in [0.15, 0.2) is 5.79 Å². The maximum absolute atomic E-state index is 11.0. The third-order valence-corrected chi connectivity index (χ3v) is 2.35. The van der Waals surface area contributed by atoms with E-state index in [2.05, 4.69) is 0 Å². The summed E-state index contributed by atoms with van der Waals surface area (Å²) in [7, 11) is 0. The molecule has 0 aromatic rings. The van der Waals surface area contributed by atoms with Crippen molar-refractivity contribution < 1.29 is 19.0 Å². The molecule has 2 atom stereocenters. The van der Waals surface area contributed by atoms with Crippen LogP contribution in [0.2, 0.25) is 0 Å². The Kier molecular flexibility index (Phi) is 4.29. The van der Waals surface area contributed by atoms with Crippen LogP contribution in [-0.4, -0.2) is 31.1 Å². The van der Waals surface area contributed by atoms with E-state index in [1.54, 1.807) is 13.0 Å². The predicted molar refractivity (Wildman–Crippen MR) is 55.3 cm³/mol. The highest BCUT2D eigenvalue weighted by molar-refractivity contribution is 5.81. The summed E-state index contributed by atoms with van der Waals surface area (Å²) in [6.07, 6.45) is 3.66. The molecule has 1 saturated heterocycles. The van der Waals surface area contributed by atoms with E-state index < -0.39 is 5.79 Å². The minimum atomic E-state index is -0.516. The summed E-state index contributed by atoms with van der Waals surface area (Å²) in [6.45, 7) is 6.38. The number of rotatable bonds is 4. The van der Waals surface area contributed by atoms with Gasteiger partial charge in [0, 0.05) is 6.08 Å². The first-order valence-corrected chi connectivity index (χ1v) is 5.21. The largest absolute Gasteiger partial charge is 0.460 e. The third kappa shape index (κ3) is 3.64. The Morgan fingerprint density at radius 2 is 2.40 bits per heavy atom. The molecule has 1 aliphatic heterocycles. The molecule has 15 heavy (non-hydrogen) atoms. The van der Waals surface area contributed by atoms with Crippen LogP contribution in [0.25, 0.3) is 0 Å². The number of esters is 1. The molecule has 0 aromatic heterocycles. The Labute approximate surface area is 90.2 Å². The van der Waals surface area contributed by atoms with Crippen molar-refractivity contribution in [1.29, 1.82) is 0 Å². The van der Waals surface area contributed by atoms with Crippen molar-refractivity contribution in [3.05, 3.63) is 12.2 Å². The molecule has 4 heteroatoms. The van der Waals surface area contributed by atoms with E-state index in [4.69, 9.17) is 14.2 Å². The van der Waals surface area contributed by atoms with Crippen molar-refractivity contribution in [2.45, 2.75) is 39.1 Å². The number of allylic oxidation sites excluding steroid dienone is 1. The fraction of sp³-hybridized carbons (Fsp3) is 0.727. The zero-order valence-electron chi connectivity index (χ0n) is 9.49. The van der Waals surface area contributed by atoms with E-state index in [1.165, 1.54) is 6.08 Å². The summed E-state index contributed by atoms with van der Waals surface area (Å²) in [5.74, 6) is -0.858. The molecule has 86 valence electrons. The number of ether oxygens (including phenoxy) is 3. The van der Waals surface area contributed by atoms with Gasteiger partial charge >= 0.3 is 5.97 Å².